The molecule has 0 aromatic heterocycles. The fourth-order valence-electron chi connectivity index (χ4n) is 0.932. The van der Waals surface area contributed by atoms with E-state index in [1.165, 1.54) is 11.8 Å². The van der Waals surface area contributed by atoms with Crippen LogP contribution in [-0.4, -0.2) is 18.5 Å². The molecule has 0 heterocycles. The highest BCUT2D eigenvalue weighted by molar-refractivity contribution is 8.13. The van der Waals surface area contributed by atoms with E-state index in [4.69, 9.17) is 34.8 Å². The van der Waals surface area contributed by atoms with E-state index in [1.54, 1.807) is 19.2 Å². The van der Waals surface area contributed by atoms with Crippen molar-refractivity contribution >= 4 is 57.4 Å². The number of rotatable bonds is 1. The van der Waals surface area contributed by atoms with Gasteiger partial charge in [-0.2, -0.15) is 0 Å². The van der Waals surface area contributed by atoms with Crippen LogP contribution in [0.4, 0.5) is 5.69 Å². The summed E-state index contributed by atoms with van der Waals surface area (Å²) >= 11 is 19.2. The highest BCUT2D eigenvalue weighted by Crippen LogP contribution is 2.32. The minimum Gasteiger partial charge on any atom is -0.334 e. The molecule has 0 saturated carbocycles. The predicted octanol–water partition coefficient (Wildman–Crippen LogP) is 4.41. The number of nitrogens with zero attached hydrogens (tertiary/aromatic N) is 1. The van der Waals surface area contributed by atoms with E-state index < -0.39 is 0 Å². The summed E-state index contributed by atoms with van der Waals surface area (Å²) in [7, 11) is 1.70. The lowest BCUT2D eigenvalue weighted by Crippen LogP contribution is -2.07. The Morgan fingerprint density at radius 2 is 1.80 bits per heavy atom. The average molecular weight is 284 g/mol. The number of halogens is 3. The summed E-state index contributed by atoms with van der Waals surface area (Å²) in [4.78, 5) is 4.03. The molecule has 15 heavy (non-hydrogen) atoms. The van der Waals surface area contributed by atoms with Gasteiger partial charge in [-0.25, -0.2) is 0 Å². The number of hydrogen-bond donors (Lipinski definition) is 1. The van der Waals surface area contributed by atoms with Gasteiger partial charge in [-0.1, -0.05) is 46.6 Å². The largest absolute Gasteiger partial charge is 0.334 e. The molecule has 6 heteroatoms. The first-order chi connectivity index (χ1) is 7.08. The Hall–Kier alpha value is -0.0900. The normalized spacial score (nSPS) is 11.7. The number of hydrogen-bond acceptors (Lipinski definition) is 2. The molecular weight excluding hydrogens is 275 g/mol. The number of aliphatic imine (C=N–C) groups is 1. The van der Waals surface area contributed by atoms with Crippen molar-refractivity contribution in [1.29, 1.82) is 0 Å². The highest BCUT2D eigenvalue weighted by atomic mass is 35.5. The van der Waals surface area contributed by atoms with Crippen LogP contribution in [0.2, 0.25) is 15.1 Å². The Balaban J connectivity index is 3.00. The van der Waals surface area contributed by atoms with Gasteiger partial charge in [0, 0.05) is 7.05 Å². The van der Waals surface area contributed by atoms with Crippen LogP contribution in [0, 0.1) is 0 Å². The zero-order valence-corrected chi connectivity index (χ0v) is 11.2. The van der Waals surface area contributed by atoms with Gasteiger partial charge in [-0.15, -0.1) is 0 Å². The topological polar surface area (TPSA) is 24.4 Å². The van der Waals surface area contributed by atoms with Crippen molar-refractivity contribution < 1.29 is 0 Å². The standard InChI is InChI=1S/C9H9Cl3N2S/c1-13-9(15-2)14-8-4-6(11)5(10)3-7(8)12/h3-4H,1-2H3,(H,13,14). The van der Waals surface area contributed by atoms with Gasteiger partial charge in [0.1, 0.15) is 0 Å². The average Bonchev–Trinajstić information content (AvgIpc) is 2.21. The second-order valence-corrected chi connectivity index (χ2v) is 4.62. The van der Waals surface area contributed by atoms with Crippen molar-refractivity contribution in [3.63, 3.8) is 0 Å². The van der Waals surface area contributed by atoms with Crippen LogP contribution >= 0.6 is 46.6 Å². The molecule has 82 valence electrons. The molecule has 0 aliphatic heterocycles. The second kappa shape index (κ2) is 5.85. The molecule has 0 aliphatic carbocycles. The molecule has 1 N–H and O–H groups in total. The Morgan fingerprint density at radius 1 is 1.20 bits per heavy atom. The summed E-state index contributed by atoms with van der Waals surface area (Å²) in [5.41, 5.74) is 0.695. The maximum atomic E-state index is 5.99. The van der Waals surface area contributed by atoms with Crippen LogP contribution in [-0.2, 0) is 0 Å². The van der Waals surface area contributed by atoms with Crippen molar-refractivity contribution in [3.05, 3.63) is 27.2 Å². The Labute approximate surface area is 108 Å². The zero-order valence-electron chi connectivity index (χ0n) is 8.14. The quantitative estimate of drug-likeness (QED) is 0.469. The minimum absolute atomic E-state index is 0.436. The van der Waals surface area contributed by atoms with E-state index in [0.29, 0.717) is 20.8 Å². The monoisotopic (exact) mass is 282 g/mol. The summed E-state index contributed by atoms with van der Waals surface area (Å²) in [6.07, 6.45) is 1.92. The Bertz CT molecular complexity index is 393. The van der Waals surface area contributed by atoms with Crippen LogP contribution in [0.3, 0.4) is 0 Å². The third-order valence-corrected chi connectivity index (χ3v) is 3.35. The van der Waals surface area contributed by atoms with Gasteiger partial charge in [0.25, 0.3) is 0 Å². The molecule has 1 rings (SSSR count). The first kappa shape index (κ1) is 13.0. The number of anilines is 1. The lowest BCUT2D eigenvalue weighted by atomic mass is 10.3. The van der Waals surface area contributed by atoms with Crippen LogP contribution < -0.4 is 5.32 Å². The van der Waals surface area contributed by atoms with Gasteiger partial charge in [-0.3, -0.25) is 4.99 Å². The molecule has 0 spiro atoms. The van der Waals surface area contributed by atoms with Crippen LogP contribution in [0.15, 0.2) is 17.1 Å². The molecule has 0 radical (unpaired) electrons. The first-order valence-corrected chi connectivity index (χ1v) is 6.36. The van der Waals surface area contributed by atoms with Crippen molar-refractivity contribution in [2.24, 2.45) is 4.99 Å². The van der Waals surface area contributed by atoms with E-state index in [0.717, 1.165) is 5.17 Å². The van der Waals surface area contributed by atoms with Crippen molar-refractivity contribution in [1.82, 2.24) is 0 Å². The molecule has 0 aliphatic rings. The number of benzene rings is 1. The van der Waals surface area contributed by atoms with Gasteiger partial charge in [0.15, 0.2) is 5.17 Å². The van der Waals surface area contributed by atoms with Gasteiger partial charge >= 0.3 is 0 Å². The number of amidine groups is 1. The van der Waals surface area contributed by atoms with Crippen LogP contribution in [0.1, 0.15) is 0 Å². The van der Waals surface area contributed by atoms with Crippen molar-refractivity contribution in [2.45, 2.75) is 0 Å². The van der Waals surface area contributed by atoms with Gasteiger partial charge in [-0.05, 0) is 18.4 Å². The van der Waals surface area contributed by atoms with Gasteiger partial charge in [0.05, 0.1) is 20.8 Å². The summed E-state index contributed by atoms with van der Waals surface area (Å²) in [5.74, 6) is 0. The van der Waals surface area contributed by atoms with E-state index >= 15 is 0 Å². The smallest absolute Gasteiger partial charge is 0.160 e. The summed E-state index contributed by atoms with van der Waals surface area (Å²) in [6, 6.07) is 3.27. The third-order valence-electron chi connectivity index (χ3n) is 1.65. The Morgan fingerprint density at radius 3 is 2.33 bits per heavy atom. The van der Waals surface area contributed by atoms with Gasteiger partial charge < -0.3 is 5.32 Å². The predicted molar refractivity (Wildman–Crippen MR) is 72.0 cm³/mol. The van der Waals surface area contributed by atoms with Crippen molar-refractivity contribution in [2.75, 3.05) is 18.6 Å². The zero-order chi connectivity index (χ0) is 11.4. The number of thioether (sulfide) groups is 1. The SMILES string of the molecule is CN=C(Nc1cc(Cl)c(Cl)cc1Cl)SC. The molecule has 0 saturated heterocycles. The molecule has 0 unspecified atom stereocenters. The van der Waals surface area contributed by atoms with Crippen molar-refractivity contribution in [3.8, 4) is 0 Å². The first-order valence-electron chi connectivity index (χ1n) is 4.00. The second-order valence-electron chi connectivity index (χ2n) is 2.60. The molecule has 0 atom stereocenters. The maximum Gasteiger partial charge on any atom is 0.160 e. The Kier molecular flexibility index (Phi) is 5.06. The molecule has 1 aromatic carbocycles. The molecule has 0 amide bonds. The summed E-state index contributed by atoms with van der Waals surface area (Å²) in [5, 5.41) is 5.22. The fraction of sp³-hybridized carbons (Fsp3) is 0.222. The van der Waals surface area contributed by atoms with Gasteiger partial charge in [0.2, 0.25) is 0 Å². The number of nitrogens with one attached hydrogen (secondary N) is 1. The maximum absolute atomic E-state index is 5.99. The highest BCUT2D eigenvalue weighted by Gasteiger charge is 2.07. The summed E-state index contributed by atoms with van der Waals surface area (Å²) in [6.45, 7) is 0. The van der Waals surface area contributed by atoms with E-state index in [1.807, 2.05) is 6.26 Å². The molecule has 0 bridgehead atoms. The molecule has 2 nitrogen and oxygen atoms in total. The lowest BCUT2D eigenvalue weighted by molar-refractivity contribution is 1.45. The third kappa shape index (κ3) is 3.45. The minimum atomic E-state index is 0.436. The summed E-state index contributed by atoms with van der Waals surface area (Å²) < 4.78 is 0. The molecule has 0 fully saturated rings. The van der Waals surface area contributed by atoms with E-state index in [2.05, 4.69) is 10.3 Å². The van der Waals surface area contributed by atoms with E-state index in [-0.39, 0.29) is 0 Å². The van der Waals surface area contributed by atoms with E-state index in [9.17, 15) is 0 Å². The van der Waals surface area contributed by atoms with Crippen LogP contribution in [0.25, 0.3) is 0 Å². The lowest BCUT2D eigenvalue weighted by Gasteiger charge is -2.09. The molecular formula is C9H9Cl3N2S. The fourth-order valence-corrected chi connectivity index (χ4v) is 1.92. The molecule has 1 aromatic rings. The van der Waals surface area contributed by atoms with Crippen LogP contribution in [0.5, 0.6) is 0 Å².